The molecule has 0 radical (unpaired) electrons. The van der Waals surface area contributed by atoms with E-state index in [1.165, 1.54) is 56.2 Å². The van der Waals surface area contributed by atoms with Gasteiger partial charge in [0.25, 0.3) is 0 Å². The van der Waals surface area contributed by atoms with Gasteiger partial charge >= 0.3 is 0 Å². The summed E-state index contributed by atoms with van der Waals surface area (Å²) in [5, 5.41) is 3.90. The summed E-state index contributed by atoms with van der Waals surface area (Å²) in [5.41, 5.74) is 2.50. The third-order valence-corrected chi connectivity index (χ3v) is 6.72. The molecule has 0 unspecified atom stereocenters. The van der Waals surface area contributed by atoms with Crippen LogP contribution in [-0.4, -0.2) is 32.4 Å². The number of carbonyl (C=O) groups is 1. The minimum atomic E-state index is -0.0920. The first-order valence-electron chi connectivity index (χ1n) is 11.4. The zero-order valence-electron chi connectivity index (χ0n) is 19.0. The van der Waals surface area contributed by atoms with Gasteiger partial charge in [-0.05, 0) is 31.0 Å². The Morgan fingerprint density at radius 2 is 1.65 bits per heavy atom. The van der Waals surface area contributed by atoms with E-state index in [0.717, 1.165) is 28.3 Å². The van der Waals surface area contributed by atoms with Gasteiger partial charge in [-0.1, -0.05) is 57.9 Å². The Balaban J connectivity index is 1.74. The molecule has 1 aliphatic heterocycles. The van der Waals surface area contributed by atoms with Crippen molar-refractivity contribution in [2.75, 3.05) is 26.1 Å². The van der Waals surface area contributed by atoms with Crippen molar-refractivity contribution in [2.24, 2.45) is 4.99 Å². The Labute approximate surface area is 189 Å². The average Bonchev–Trinajstić information content (AvgIpc) is 3.10. The highest BCUT2D eigenvalue weighted by Crippen LogP contribution is 2.38. The van der Waals surface area contributed by atoms with Crippen LogP contribution in [0.1, 0.15) is 74.3 Å². The minimum absolute atomic E-state index is 0.0886. The number of rotatable bonds is 12. The number of aliphatic imine (C=N–C) groups is 1. The first kappa shape index (κ1) is 23.3. The first-order chi connectivity index (χ1) is 15.2. The van der Waals surface area contributed by atoms with Gasteiger partial charge < -0.3 is 14.8 Å². The summed E-state index contributed by atoms with van der Waals surface area (Å²) in [5.74, 6) is 1.29. The highest BCUT2D eigenvalue weighted by molar-refractivity contribution is 7.16. The lowest BCUT2D eigenvalue weighted by atomic mass is 10.0. The number of hydrogen-bond donors (Lipinski definition) is 1. The van der Waals surface area contributed by atoms with E-state index in [-0.39, 0.29) is 12.5 Å². The summed E-state index contributed by atoms with van der Waals surface area (Å²) < 4.78 is 11.2. The molecule has 0 aliphatic carbocycles. The second kappa shape index (κ2) is 11.9. The number of amides is 1. The molecular weight excluding hydrogens is 408 g/mol. The van der Waals surface area contributed by atoms with Crippen LogP contribution in [0.5, 0.6) is 11.5 Å². The van der Waals surface area contributed by atoms with Crippen LogP contribution >= 0.6 is 11.3 Å². The van der Waals surface area contributed by atoms with Crippen molar-refractivity contribution in [1.29, 1.82) is 0 Å². The van der Waals surface area contributed by atoms with E-state index in [1.807, 2.05) is 18.2 Å². The van der Waals surface area contributed by atoms with Gasteiger partial charge in [-0.25, -0.2) is 0 Å². The van der Waals surface area contributed by atoms with Crippen LogP contribution in [0.15, 0.2) is 29.3 Å². The van der Waals surface area contributed by atoms with Gasteiger partial charge in [-0.3, -0.25) is 9.79 Å². The molecule has 6 heteroatoms. The SMILES string of the molecule is CCCCCCCCCCc1cc2c(s1)NC(=O)CN=C2c1c(OC)cccc1OC. The number of aryl methyl sites for hydroxylation is 1. The molecule has 0 saturated carbocycles. The summed E-state index contributed by atoms with van der Waals surface area (Å²) in [6, 6.07) is 7.86. The molecule has 0 bridgehead atoms. The number of hydrogen-bond acceptors (Lipinski definition) is 5. The lowest BCUT2D eigenvalue weighted by molar-refractivity contribution is -0.114. The van der Waals surface area contributed by atoms with Gasteiger partial charge in [0.05, 0.1) is 25.5 Å². The lowest BCUT2D eigenvalue weighted by Gasteiger charge is -2.14. The van der Waals surface area contributed by atoms with Gasteiger partial charge in [0, 0.05) is 10.4 Å². The summed E-state index contributed by atoms with van der Waals surface area (Å²) in [6.07, 6.45) is 11.5. The molecule has 1 aromatic heterocycles. The normalized spacial score (nSPS) is 13.3. The maximum atomic E-state index is 12.3. The number of benzene rings is 1. The molecule has 0 atom stereocenters. The van der Waals surface area contributed by atoms with E-state index >= 15 is 0 Å². The van der Waals surface area contributed by atoms with E-state index < -0.39 is 0 Å². The van der Waals surface area contributed by atoms with E-state index in [9.17, 15) is 4.79 Å². The van der Waals surface area contributed by atoms with Crippen molar-refractivity contribution in [3.05, 3.63) is 40.3 Å². The van der Waals surface area contributed by atoms with Crippen LogP contribution in [0.25, 0.3) is 0 Å². The molecule has 2 heterocycles. The van der Waals surface area contributed by atoms with Crippen LogP contribution in [0.3, 0.4) is 0 Å². The zero-order valence-corrected chi connectivity index (χ0v) is 19.8. The molecule has 1 aliphatic rings. The van der Waals surface area contributed by atoms with Crippen molar-refractivity contribution >= 4 is 28.0 Å². The number of thiophene rings is 1. The predicted molar refractivity (Wildman–Crippen MR) is 129 cm³/mol. The minimum Gasteiger partial charge on any atom is -0.496 e. The van der Waals surface area contributed by atoms with Crippen LogP contribution in [0, 0.1) is 0 Å². The summed E-state index contributed by atoms with van der Waals surface area (Å²) in [6.45, 7) is 2.34. The Morgan fingerprint density at radius 3 is 2.29 bits per heavy atom. The fourth-order valence-corrected chi connectivity index (χ4v) is 5.08. The number of fused-ring (bicyclic) bond motifs is 1. The molecule has 1 amide bonds. The van der Waals surface area contributed by atoms with Gasteiger partial charge in [0.15, 0.2) is 0 Å². The number of ether oxygens (including phenoxy) is 2. The fourth-order valence-electron chi connectivity index (χ4n) is 3.97. The zero-order chi connectivity index (χ0) is 22.1. The molecule has 5 nitrogen and oxygen atoms in total. The van der Waals surface area contributed by atoms with Gasteiger partial charge in [-0.2, -0.15) is 0 Å². The standard InChI is InChI=1S/C25H34N2O3S/c1-4-5-6-7-8-9-10-11-13-18-16-19-24(26-17-22(28)27-25(19)31-18)23-20(29-2)14-12-15-21(23)30-3/h12,14-16H,4-11,13,17H2,1-3H3,(H,27,28). The van der Waals surface area contributed by atoms with E-state index in [1.54, 1.807) is 25.6 Å². The van der Waals surface area contributed by atoms with Crippen molar-refractivity contribution in [1.82, 2.24) is 0 Å². The summed E-state index contributed by atoms with van der Waals surface area (Å²) in [7, 11) is 3.28. The van der Waals surface area contributed by atoms with E-state index in [4.69, 9.17) is 9.47 Å². The van der Waals surface area contributed by atoms with Gasteiger partial charge in [-0.15, -0.1) is 11.3 Å². The van der Waals surface area contributed by atoms with Crippen LogP contribution in [0.4, 0.5) is 5.00 Å². The highest BCUT2D eigenvalue weighted by atomic mass is 32.1. The molecule has 2 aromatic rings. The first-order valence-corrected chi connectivity index (χ1v) is 12.2. The topological polar surface area (TPSA) is 59.9 Å². The molecule has 0 spiro atoms. The summed E-state index contributed by atoms with van der Waals surface area (Å²) >= 11 is 1.66. The molecular formula is C25H34N2O3S. The Morgan fingerprint density at radius 1 is 1.00 bits per heavy atom. The second-order valence-corrected chi connectivity index (χ2v) is 9.07. The molecule has 3 rings (SSSR count). The monoisotopic (exact) mass is 442 g/mol. The molecule has 0 fully saturated rings. The molecule has 31 heavy (non-hydrogen) atoms. The maximum Gasteiger partial charge on any atom is 0.246 e. The smallest absolute Gasteiger partial charge is 0.246 e. The predicted octanol–water partition coefficient (Wildman–Crippen LogP) is 6.24. The van der Waals surface area contributed by atoms with Crippen LogP contribution in [-0.2, 0) is 11.2 Å². The van der Waals surface area contributed by atoms with Gasteiger partial charge in [0.2, 0.25) is 5.91 Å². The Kier molecular flexibility index (Phi) is 8.95. The average molecular weight is 443 g/mol. The highest BCUT2D eigenvalue weighted by Gasteiger charge is 2.25. The van der Waals surface area contributed by atoms with Crippen molar-refractivity contribution in [3.63, 3.8) is 0 Å². The Bertz CT molecular complexity index is 882. The van der Waals surface area contributed by atoms with Crippen molar-refractivity contribution in [2.45, 2.75) is 64.7 Å². The Hall–Kier alpha value is -2.34. The lowest BCUT2D eigenvalue weighted by Crippen LogP contribution is -2.12. The van der Waals surface area contributed by atoms with Crippen LogP contribution < -0.4 is 14.8 Å². The number of carbonyl (C=O) groups excluding carboxylic acids is 1. The summed E-state index contributed by atoms with van der Waals surface area (Å²) in [4.78, 5) is 18.2. The molecule has 0 saturated heterocycles. The number of methoxy groups -OCH3 is 2. The van der Waals surface area contributed by atoms with E-state index in [0.29, 0.717) is 11.5 Å². The largest absolute Gasteiger partial charge is 0.496 e. The molecule has 1 aromatic carbocycles. The fraction of sp³-hybridized carbons (Fsp3) is 0.520. The number of unbranched alkanes of at least 4 members (excludes halogenated alkanes) is 7. The van der Waals surface area contributed by atoms with Crippen LogP contribution in [0.2, 0.25) is 0 Å². The second-order valence-electron chi connectivity index (χ2n) is 7.93. The van der Waals surface area contributed by atoms with Gasteiger partial charge in [0.1, 0.15) is 23.0 Å². The third kappa shape index (κ3) is 6.10. The third-order valence-electron chi connectivity index (χ3n) is 5.61. The maximum absolute atomic E-state index is 12.3. The number of nitrogens with one attached hydrogen (secondary N) is 1. The number of nitrogens with zero attached hydrogens (tertiary/aromatic N) is 1. The van der Waals surface area contributed by atoms with Crippen molar-refractivity contribution < 1.29 is 14.3 Å². The number of anilines is 1. The van der Waals surface area contributed by atoms with Crippen molar-refractivity contribution in [3.8, 4) is 11.5 Å². The quantitative estimate of drug-likeness (QED) is 0.396. The van der Waals surface area contributed by atoms with E-state index in [2.05, 4.69) is 23.3 Å². The molecule has 168 valence electrons. The molecule has 1 N–H and O–H groups in total.